The number of hydrogen-bond donors (Lipinski definition) is 0. The molecular formula is C27H20N4O4. The molecule has 0 radical (unpaired) electrons. The molecule has 2 aliphatic rings. The summed E-state index contributed by atoms with van der Waals surface area (Å²) in [5.74, 6) is -0.492. The first kappa shape index (κ1) is 21.0. The molecule has 0 saturated heterocycles. The highest BCUT2D eigenvalue weighted by atomic mass is 16.6. The van der Waals surface area contributed by atoms with E-state index in [4.69, 9.17) is 4.84 Å². The van der Waals surface area contributed by atoms with Gasteiger partial charge in [-0.05, 0) is 24.3 Å². The van der Waals surface area contributed by atoms with Gasteiger partial charge in [0, 0.05) is 47.6 Å². The molecule has 1 aliphatic carbocycles. The number of aromatic nitrogens is 3. The zero-order chi connectivity index (χ0) is 24.1. The Balaban J connectivity index is 1.45. The molecule has 1 atom stereocenters. The van der Waals surface area contributed by atoms with Crippen molar-refractivity contribution in [2.24, 2.45) is 5.16 Å². The number of oxime groups is 1. The molecule has 2 aromatic heterocycles. The molecular weight excluding hydrogens is 444 g/mol. The van der Waals surface area contributed by atoms with Crippen molar-refractivity contribution in [3.8, 4) is 0 Å². The van der Waals surface area contributed by atoms with Crippen LogP contribution in [0.2, 0.25) is 0 Å². The van der Waals surface area contributed by atoms with E-state index in [1.54, 1.807) is 59.4 Å². The van der Waals surface area contributed by atoms with Gasteiger partial charge in [0.1, 0.15) is 0 Å². The molecule has 8 nitrogen and oxygen atoms in total. The number of pyridine rings is 1. The average Bonchev–Trinajstić information content (AvgIpc) is 3.47. The first-order valence-electron chi connectivity index (χ1n) is 11.3. The van der Waals surface area contributed by atoms with Gasteiger partial charge in [0.15, 0.2) is 17.7 Å². The quantitative estimate of drug-likeness (QED) is 0.372. The van der Waals surface area contributed by atoms with Gasteiger partial charge in [-0.1, -0.05) is 35.5 Å². The third-order valence-corrected chi connectivity index (χ3v) is 6.51. The lowest BCUT2D eigenvalue weighted by atomic mass is 9.83. The van der Waals surface area contributed by atoms with Crippen LogP contribution >= 0.6 is 0 Å². The Bertz CT molecular complexity index is 1630. The number of carbonyl (C=O) groups is 2. The van der Waals surface area contributed by atoms with Crippen LogP contribution in [0.5, 0.6) is 0 Å². The Morgan fingerprint density at radius 1 is 0.943 bits per heavy atom. The summed E-state index contributed by atoms with van der Waals surface area (Å²) >= 11 is 0. The van der Waals surface area contributed by atoms with E-state index in [-0.39, 0.29) is 42.0 Å². The summed E-state index contributed by atoms with van der Waals surface area (Å²) < 4.78 is 3.09. The second-order valence-corrected chi connectivity index (χ2v) is 8.56. The molecule has 0 unspecified atom stereocenters. The van der Waals surface area contributed by atoms with E-state index < -0.39 is 0 Å². The first-order valence-corrected chi connectivity index (χ1v) is 11.3. The Morgan fingerprint density at radius 2 is 1.69 bits per heavy atom. The summed E-state index contributed by atoms with van der Waals surface area (Å²) in [5.41, 5.74) is 3.69. The predicted molar refractivity (Wildman–Crippen MR) is 130 cm³/mol. The highest BCUT2D eigenvalue weighted by Crippen LogP contribution is 2.33. The number of benzene rings is 2. The molecule has 0 N–H and O–H groups in total. The van der Waals surface area contributed by atoms with Crippen molar-refractivity contribution in [1.82, 2.24) is 14.1 Å². The van der Waals surface area contributed by atoms with Gasteiger partial charge >= 0.3 is 5.69 Å². The Hall–Kier alpha value is -4.59. The SMILES string of the molecule is C=CCn1c(=O)n(C[C@@H]2CC(c3ccncc3)=NO2)c2ccc3c(c21)C(=O)c1ccccc1C3=O. The van der Waals surface area contributed by atoms with Crippen LogP contribution < -0.4 is 5.69 Å². The van der Waals surface area contributed by atoms with Crippen LogP contribution in [0.4, 0.5) is 0 Å². The molecule has 0 fully saturated rings. The van der Waals surface area contributed by atoms with Gasteiger partial charge < -0.3 is 4.84 Å². The molecule has 1 aliphatic heterocycles. The second kappa shape index (κ2) is 8.02. The van der Waals surface area contributed by atoms with Crippen LogP contribution in [-0.4, -0.2) is 37.5 Å². The lowest BCUT2D eigenvalue weighted by molar-refractivity contribution is 0.0725. The largest absolute Gasteiger partial charge is 0.390 e. The van der Waals surface area contributed by atoms with Crippen molar-refractivity contribution in [2.45, 2.75) is 25.6 Å². The third-order valence-electron chi connectivity index (χ3n) is 6.51. The smallest absolute Gasteiger partial charge is 0.329 e. The van der Waals surface area contributed by atoms with Gasteiger partial charge in [-0.2, -0.15) is 0 Å². The van der Waals surface area contributed by atoms with Gasteiger partial charge in [0.25, 0.3) is 0 Å². The second-order valence-electron chi connectivity index (χ2n) is 8.56. The van der Waals surface area contributed by atoms with Crippen molar-refractivity contribution in [3.63, 3.8) is 0 Å². The summed E-state index contributed by atoms with van der Waals surface area (Å²) in [7, 11) is 0. The summed E-state index contributed by atoms with van der Waals surface area (Å²) in [5, 5.41) is 4.21. The van der Waals surface area contributed by atoms with E-state index in [1.807, 2.05) is 12.1 Å². The van der Waals surface area contributed by atoms with E-state index in [2.05, 4.69) is 16.7 Å². The van der Waals surface area contributed by atoms with Crippen LogP contribution in [-0.2, 0) is 17.9 Å². The minimum atomic E-state index is -0.354. The first-order chi connectivity index (χ1) is 17.1. The molecule has 35 heavy (non-hydrogen) atoms. The summed E-state index contributed by atoms with van der Waals surface area (Å²) in [6.07, 6.45) is 5.16. The minimum Gasteiger partial charge on any atom is -0.390 e. The standard InChI is InChI=1S/C27H20N4O4/c1-2-13-30-24-22(8-7-20-23(24)26(33)19-6-4-3-5-18(19)25(20)32)31(27(30)34)15-17-14-21(29-35-17)16-9-11-28-12-10-16/h2-12,17H,1,13-15H2/t17-/m0/s1. The molecule has 0 amide bonds. The molecule has 8 heteroatoms. The van der Waals surface area contributed by atoms with Crippen LogP contribution in [0.15, 0.2) is 83.5 Å². The van der Waals surface area contributed by atoms with E-state index in [9.17, 15) is 14.4 Å². The molecule has 6 rings (SSSR count). The van der Waals surface area contributed by atoms with E-state index in [1.165, 1.54) is 4.57 Å². The lowest BCUT2D eigenvalue weighted by Gasteiger charge is -2.18. The van der Waals surface area contributed by atoms with Crippen LogP contribution in [0.25, 0.3) is 11.0 Å². The van der Waals surface area contributed by atoms with E-state index in [0.717, 1.165) is 11.3 Å². The molecule has 4 aromatic rings. The molecule has 0 saturated carbocycles. The average molecular weight is 464 g/mol. The van der Waals surface area contributed by atoms with Crippen molar-refractivity contribution in [1.29, 1.82) is 0 Å². The Morgan fingerprint density at radius 3 is 2.43 bits per heavy atom. The number of rotatable bonds is 5. The molecule has 172 valence electrons. The third kappa shape index (κ3) is 3.18. The maximum atomic E-state index is 13.5. The zero-order valence-electron chi connectivity index (χ0n) is 18.7. The van der Waals surface area contributed by atoms with Crippen molar-refractivity contribution in [2.75, 3.05) is 0 Å². The number of carbonyl (C=O) groups excluding carboxylic acids is 2. The molecule has 3 heterocycles. The highest BCUT2D eigenvalue weighted by molar-refractivity contribution is 6.31. The normalized spacial score (nSPS) is 16.6. The van der Waals surface area contributed by atoms with E-state index >= 15 is 0 Å². The minimum absolute atomic E-state index is 0.201. The topological polar surface area (TPSA) is 95.5 Å². The highest BCUT2D eigenvalue weighted by Gasteiger charge is 2.34. The molecule has 2 aromatic carbocycles. The lowest BCUT2D eigenvalue weighted by Crippen LogP contribution is -2.29. The van der Waals surface area contributed by atoms with Gasteiger partial charge in [0.05, 0.1) is 28.9 Å². The summed E-state index contributed by atoms with van der Waals surface area (Å²) in [6.45, 7) is 4.22. The molecule has 0 bridgehead atoms. The van der Waals surface area contributed by atoms with Gasteiger partial charge in [-0.15, -0.1) is 6.58 Å². The maximum Gasteiger partial charge on any atom is 0.329 e. The van der Waals surface area contributed by atoms with Crippen molar-refractivity contribution < 1.29 is 14.4 Å². The van der Waals surface area contributed by atoms with Gasteiger partial charge in [0.2, 0.25) is 0 Å². The van der Waals surface area contributed by atoms with E-state index in [0.29, 0.717) is 34.1 Å². The number of imidazole rings is 1. The Kier molecular flexibility index (Phi) is 4.81. The summed E-state index contributed by atoms with van der Waals surface area (Å²) in [4.78, 5) is 49.9. The van der Waals surface area contributed by atoms with Crippen LogP contribution in [0, 0.1) is 0 Å². The monoisotopic (exact) mass is 464 g/mol. The number of nitrogens with zero attached hydrogens (tertiary/aromatic N) is 4. The van der Waals surface area contributed by atoms with Crippen molar-refractivity contribution >= 4 is 28.3 Å². The number of ketones is 2. The van der Waals surface area contributed by atoms with Gasteiger partial charge in [-0.25, -0.2) is 4.79 Å². The zero-order valence-corrected chi connectivity index (χ0v) is 18.7. The number of allylic oxidation sites excluding steroid dienone is 1. The summed E-state index contributed by atoms with van der Waals surface area (Å²) in [6, 6.07) is 13.9. The Labute approximate surface area is 199 Å². The van der Waals surface area contributed by atoms with Crippen molar-refractivity contribution in [3.05, 3.63) is 112 Å². The fourth-order valence-corrected chi connectivity index (χ4v) is 4.91. The maximum absolute atomic E-state index is 13.5. The number of fused-ring (bicyclic) bond motifs is 4. The van der Waals surface area contributed by atoms with Gasteiger partial charge in [-0.3, -0.25) is 23.7 Å². The predicted octanol–water partition coefficient (Wildman–Crippen LogP) is 3.35. The van der Waals surface area contributed by atoms with Crippen LogP contribution in [0.3, 0.4) is 0 Å². The fraction of sp³-hybridized carbons (Fsp3) is 0.148. The fourth-order valence-electron chi connectivity index (χ4n) is 4.91. The number of hydrogen-bond acceptors (Lipinski definition) is 6. The molecule has 0 spiro atoms. The van der Waals surface area contributed by atoms with Crippen LogP contribution in [0.1, 0.15) is 43.8 Å².